The average Bonchev–Trinajstić information content (AvgIpc) is 3.71. The van der Waals surface area contributed by atoms with Crippen LogP contribution in [-0.4, -0.2) is 0 Å². The minimum Gasteiger partial charge on any atom is -0.0622 e. The molecule has 0 heterocycles. The van der Waals surface area contributed by atoms with E-state index in [1.165, 1.54) is 153 Å². The van der Waals surface area contributed by atoms with Gasteiger partial charge in [0.05, 0.1) is 0 Å². The van der Waals surface area contributed by atoms with Crippen LogP contribution in [0.25, 0.3) is 153 Å². The second-order valence-electron chi connectivity index (χ2n) is 18.3. The van der Waals surface area contributed by atoms with Crippen molar-refractivity contribution in [3.05, 3.63) is 231 Å². The van der Waals surface area contributed by atoms with E-state index in [2.05, 4.69) is 231 Å². The van der Waals surface area contributed by atoms with E-state index in [1.54, 1.807) is 0 Å². The van der Waals surface area contributed by atoms with Crippen molar-refractivity contribution in [1.29, 1.82) is 0 Å². The molecule has 1 aliphatic rings. The first-order valence-electron chi connectivity index (χ1n) is 23.1. The van der Waals surface area contributed by atoms with E-state index < -0.39 is 0 Å². The molecule has 0 N–H and O–H groups in total. The molecule has 0 atom stereocenters. The van der Waals surface area contributed by atoms with Crippen molar-refractivity contribution in [2.45, 2.75) is 0 Å². The molecule has 0 saturated carbocycles. The minimum absolute atomic E-state index is 1.21. The minimum atomic E-state index is 1.21. The first kappa shape index (κ1) is 35.8. The summed E-state index contributed by atoms with van der Waals surface area (Å²) in [6.07, 6.45) is 0. The maximum atomic E-state index is 2.57. The fraction of sp³-hybridized carbons (Fsp3) is 0. The largest absolute Gasteiger partial charge is 0.0622 e. The van der Waals surface area contributed by atoms with Crippen LogP contribution in [0.4, 0.5) is 0 Å². The van der Waals surface area contributed by atoms with Crippen LogP contribution in [-0.2, 0) is 0 Å². The Morgan fingerprint density at radius 1 is 0.167 bits per heavy atom. The Hall–Kier alpha value is -8.58. The molecule has 0 spiro atoms. The molecule has 14 aromatic rings. The first-order valence-corrected chi connectivity index (χ1v) is 23.1. The summed E-state index contributed by atoms with van der Waals surface area (Å²) in [6, 6.07) is 86.9. The zero-order chi connectivity index (χ0) is 43.0. The highest BCUT2D eigenvalue weighted by Crippen LogP contribution is 2.60. The van der Waals surface area contributed by atoms with Gasteiger partial charge in [-0.2, -0.15) is 0 Å². The molecule has 15 rings (SSSR count). The van der Waals surface area contributed by atoms with Crippen molar-refractivity contribution >= 4 is 86.2 Å². The van der Waals surface area contributed by atoms with Crippen LogP contribution < -0.4 is 0 Å². The fourth-order valence-corrected chi connectivity index (χ4v) is 12.0. The summed E-state index contributed by atoms with van der Waals surface area (Å²) in [5.74, 6) is 0. The Morgan fingerprint density at radius 3 is 1.21 bits per heavy atom. The molecule has 0 heteroatoms. The standard InChI is InChI=1S/C66H38/c1-3-14-39(15-4-1)43-21-12-23-47(32-43)61-58-38-56-54-35-46-19-8-7-18-45(46)34-53(54)50-26-9-10-27-51(50)55(56)37-57(58)62(48-24-13-22-44(33-48)40-16-5-2-6-17-40)66-59-36-49-25-11-20-41-28-29-42-30-31-52(65(61)66)64(59)63(42)60(41)49/h1-38H. The molecular formula is C66H38. The van der Waals surface area contributed by atoms with Crippen LogP contribution in [0.5, 0.6) is 0 Å². The molecule has 0 bridgehead atoms. The summed E-state index contributed by atoms with van der Waals surface area (Å²) in [6.45, 7) is 0. The summed E-state index contributed by atoms with van der Waals surface area (Å²) in [7, 11) is 0. The van der Waals surface area contributed by atoms with E-state index in [-0.39, 0.29) is 0 Å². The van der Waals surface area contributed by atoms with Crippen LogP contribution in [0.1, 0.15) is 0 Å². The zero-order valence-corrected chi connectivity index (χ0v) is 35.9. The van der Waals surface area contributed by atoms with E-state index >= 15 is 0 Å². The van der Waals surface area contributed by atoms with Crippen LogP contribution in [0, 0.1) is 0 Å². The van der Waals surface area contributed by atoms with Gasteiger partial charge in [0.2, 0.25) is 0 Å². The third-order valence-electron chi connectivity index (χ3n) is 14.8. The number of hydrogen-bond donors (Lipinski definition) is 0. The van der Waals surface area contributed by atoms with E-state index in [0.29, 0.717) is 0 Å². The normalized spacial score (nSPS) is 12.2. The van der Waals surface area contributed by atoms with Gasteiger partial charge in [0, 0.05) is 0 Å². The third-order valence-corrected chi connectivity index (χ3v) is 14.8. The smallest absolute Gasteiger partial charge is 0.000718 e. The summed E-state index contributed by atoms with van der Waals surface area (Å²) >= 11 is 0. The van der Waals surface area contributed by atoms with Crippen molar-refractivity contribution in [1.82, 2.24) is 0 Å². The molecule has 0 saturated heterocycles. The van der Waals surface area contributed by atoms with Gasteiger partial charge >= 0.3 is 0 Å². The third kappa shape index (κ3) is 4.99. The summed E-state index contributed by atoms with van der Waals surface area (Å²) in [5.41, 5.74) is 15.1. The molecule has 302 valence electrons. The van der Waals surface area contributed by atoms with Crippen LogP contribution >= 0.6 is 0 Å². The van der Waals surface area contributed by atoms with Gasteiger partial charge in [-0.25, -0.2) is 0 Å². The topological polar surface area (TPSA) is 0 Å². The predicted octanol–water partition coefficient (Wildman–Crippen LogP) is 18.7. The van der Waals surface area contributed by atoms with E-state index in [4.69, 9.17) is 0 Å². The van der Waals surface area contributed by atoms with Crippen molar-refractivity contribution in [3.63, 3.8) is 0 Å². The van der Waals surface area contributed by atoms with Gasteiger partial charge in [-0.15, -0.1) is 0 Å². The molecule has 0 aliphatic heterocycles. The average molecular weight is 831 g/mol. The van der Waals surface area contributed by atoms with Gasteiger partial charge in [-0.3, -0.25) is 0 Å². The highest BCUT2D eigenvalue weighted by Gasteiger charge is 2.33. The van der Waals surface area contributed by atoms with E-state index in [1.807, 2.05) is 0 Å². The van der Waals surface area contributed by atoms with E-state index in [0.717, 1.165) is 0 Å². The molecule has 0 nitrogen and oxygen atoms in total. The molecule has 0 aromatic heterocycles. The monoisotopic (exact) mass is 830 g/mol. The number of hydrogen-bond acceptors (Lipinski definition) is 0. The Balaban J connectivity index is 1.19. The van der Waals surface area contributed by atoms with Crippen molar-refractivity contribution in [2.24, 2.45) is 0 Å². The van der Waals surface area contributed by atoms with Gasteiger partial charge in [0.1, 0.15) is 0 Å². The zero-order valence-electron chi connectivity index (χ0n) is 35.9. The Kier molecular flexibility index (Phi) is 7.31. The molecule has 0 unspecified atom stereocenters. The lowest BCUT2D eigenvalue weighted by molar-refractivity contribution is 1.59. The van der Waals surface area contributed by atoms with Crippen LogP contribution in [0.2, 0.25) is 0 Å². The molecule has 0 amide bonds. The van der Waals surface area contributed by atoms with Gasteiger partial charge in [0.15, 0.2) is 0 Å². The summed E-state index contributed by atoms with van der Waals surface area (Å²) in [4.78, 5) is 0. The Labute approximate surface area is 381 Å². The first-order chi connectivity index (χ1) is 32.7. The maximum Gasteiger partial charge on any atom is -0.000718 e. The maximum absolute atomic E-state index is 2.57. The molecule has 14 aromatic carbocycles. The van der Waals surface area contributed by atoms with Gasteiger partial charge in [-0.05, 0) is 195 Å². The summed E-state index contributed by atoms with van der Waals surface area (Å²) < 4.78 is 0. The highest BCUT2D eigenvalue weighted by atomic mass is 14.3. The second kappa shape index (κ2) is 13.5. The number of rotatable bonds is 4. The molecule has 0 radical (unpaired) electrons. The van der Waals surface area contributed by atoms with Crippen LogP contribution in [0.3, 0.4) is 0 Å². The summed E-state index contributed by atoms with van der Waals surface area (Å²) in [5, 5.41) is 20.6. The Morgan fingerprint density at radius 2 is 0.591 bits per heavy atom. The molecule has 1 aliphatic carbocycles. The number of benzene rings is 14. The van der Waals surface area contributed by atoms with Gasteiger partial charge < -0.3 is 0 Å². The lowest BCUT2D eigenvalue weighted by Gasteiger charge is -2.23. The molecule has 0 fully saturated rings. The lowest BCUT2D eigenvalue weighted by Crippen LogP contribution is -1.95. The molecular weight excluding hydrogens is 793 g/mol. The fourth-order valence-electron chi connectivity index (χ4n) is 12.0. The van der Waals surface area contributed by atoms with Crippen molar-refractivity contribution < 1.29 is 0 Å². The Bertz CT molecular complexity index is 4370. The second-order valence-corrected chi connectivity index (χ2v) is 18.3. The highest BCUT2D eigenvalue weighted by molar-refractivity contribution is 6.37. The van der Waals surface area contributed by atoms with Gasteiger partial charge in [0.25, 0.3) is 0 Å². The molecule has 66 heavy (non-hydrogen) atoms. The number of fused-ring (bicyclic) bond motifs is 11. The van der Waals surface area contributed by atoms with E-state index in [9.17, 15) is 0 Å². The predicted molar refractivity (Wildman–Crippen MR) is 284 cm³/mol. The quantitative estimate of drug-likeness (QED) is 0.122. The van der Waals surface area contributed by atoms with Crippen LogP contribution in [0.15, 0.2) is 231 Å². The van der Waals surface area contributed by atoms with Gasteiger partial charge in [-0.1, -0.05) is 188 Å². The SMILES string of the molecule is c1ccc(-c2cccc(-c3c4c(c(-c5cccc(-c6ccccc6)c5)c5cc6c7cc8ccccc8cc7c7ccccc7c6cc35)-c3ccc5ccc6cccc7cc-4c3c5c67)c2)cc1. The van der Waals surface area contributed by atoms with Crippen molar-refractivity contribution in [2.75, 3.05) is 0 Å². The lowest BCUT2D eigenvalue weighted by atomic mass is 9.80. The van der Waals surface area contributed by atoms with Crippen molar-refractivity contribution in [3.8, 4) is 66.8 Å².